The first-order chi connectivity index (χ1) is 14.9. The quantitative estimate of drug-likeness (QED) is 0.635. The second kappa shape index (κ2) is 8.92. The van der Waals surface area contributed by atoms with E-state index in [0.717, 1.165) is 23.3 Å². The molecule has 1 fully saturated rings. The molecule has 3 heterocycles. The van der Waals surface area contributed by atoms with Crippen molar-refractivity contribution in [2.75, 3.05) is 19.6 Å². The predicted octanol–water partition coefficient (Wildman–Crippen LogP) is 3.72. The summed E-state index contributed by atoms with van der Waals surface area (Å²) in [6, 6.07) is 11.9. The van der Waals surface area contributed by atoms with E-state index in [4.69, 9.17) is 4.98 Å². The lowest BCUT2D eigenvalue weighted by molar-refractivity contribution is -0.131. The highest BCUT2D eigenvalue weighted by molar-refractivity contribution is 5.94. The number of aryl methyl sites for hydroxylation is 1. The standard InChI is InChI=1S/C25H30N4O2/c1-18(2)15-20-6-8-21(9-7-20)25(31)27-12-10-23(30)28(14-13-27)16-22-17-29-11-4-5-19(3)24(29)26-22/h4-9,11,17-18H,10,12-16H2,1-3H3. The molecule has 3 aromatic rings. The molecule has 162 valence electrons. The zero-order valence-corrected chi connectivity index (χ0v) is 18.5. The minimum atomic E-state index is -0.00546. The van der Waals surface area contributed by atoms with E-state index < -0.39 is 0 Å². The normalized spacial score (nSPS) is 15.0. The van der Waals surface area contributed by atoms with Crippen LogP contribution >= 0.6 is 0 Å². The molecule has 31 heavy (non-hydrogen) atoms. The summed E-state index contributed by atoms with van der Waals surface area (Å²) in [5.41, 5.74) is 4.81. The van der Waals surface area contributed by atoms with E-state index in [2.05, 4.69) is 13.8 Å². The van der Waals surface area contributed by atoms with Crippen LogP contribution in [0.3, 0.4) is 0 Å². The van der Waals surface area contributed by atoms with E-state index in [1.807, 2.05) is 65.0 Å². The maximum atomic E-state index is 13.0. The van der Waals surface area contributed by atoms with Gasteiger partial charge in [-0.1, -0.05) is 32.0 Å². The number of aromatic nitrogens is 2. The Balaban J connectivity index is 1.42. The summed E-state index contributed by atoms with van der Waals surface area (Å²) in [5, 5.41) is 0. The minimum absolute atomic E-state index is 0.00546. The summed E-state index contributed by atoms with van der Waals surface area (Å²) < 4.78 is 1.99. The second-order valence-corrected chi connectivity index (χ2v) is 8.81. The molecule has 1 saturated heterocycles. The smallest absolute Gasteiger partial charge is 0.253 e. The predicted molar refractivity (Wildman–Crippen MR) is 121 cm³/mol. The Morgan fingerprint density at radius 3 is 2.58 bits per heavy atom. The van der Waals surface area contributed by atoms with Crippen molar-refractivity contribution in [1.82, 2.24) is 19.2 Å². The molecule has 1 aromatic carbocycles. The highest BCUT2D eigenvalue weighted by atomic mass is 16.2. The monoisotopic (exact) mass is 418 g/mol. The van der Waals surface area contributed by atoms with Crippen molar-refractivity contribution in [3.8, 4) is 0 Å². The highest BCUT2D eigenvalue weighted by Gasteiger charge is 2.25. The van der Waals surface area contributed by atoms with Crippen LogP contribution in [0.15, 0.2) is 48.8 Å². The fourth-order valence-electron chi connectivity index (χ4n) is 4.15. The SMILES string of the molecule is Cc1cccn2cc(CN3CCN(C(=O)c4ccc(CC(C)C)cc4)CCC3=O)nc12. The summed E-state index contributed by atoms with van der Waals surface area (Å²) in [7, 11) is 0. The molecule has 6 nitrogen and oxygen atoms in total. The summed E-state index contributed by atoms with van der Waals surface area (Å²) in [5.74, 6) is 0.645. The van der Waals surface area contributed by atoms with Gasteiger partial charge in [0, 0.05) is 44.0 Å². The summed E-state index contributed by atoms with van der Waals surface area (Å²) in [6.45, 7) is 8.37. The van der Waals surface area contributed by atoms with Gasteiger partial charge < -0.3 is 14.2 Å². The number of rotatable bonds is 5. The third-order valence-electron chi connectivity index (χ3n) is 5.80. The molecule has 0 bridgehead atoms. The minimum Gasteiger partial charge on any atom is -0.336 e. The van der Waals surface area contributed by atoms with Gasteiger partial charge >= 0.3 is 0 Å². The first-order valence-electron chi connectivity index (χ1n) is 11.0. The molecule has 1 aliphatic heterocycles. The fourth-order valence-corrected chi connectivity index (χ4v) is 4.15. The van der Waals surface area contributed by atoms with Crippen LogP contribution in [0.1, 0.15) is 47.4 Å². The molecular formula is C25H30N4O2. The van der Waals surface area contributed by atoms with Crippen molar-refractivity contribution in [3.63, 3.8) is 0 Å². The van der Waals surface area contributed by atoms with Crippen molar-refractivity contribution >= 4 is 17.5 Å². The Bertz CT molecular complexity index is 1080. The van der Waals surface area contributed by atoms with Gasteiger partial charge in [0.1, 0.15) is 5.65 Å². The molecular weight excluding hydrogens is 388 g/mol. The van der Waals surface area contributed by atoms with Gasteiger partial charge in [-0.2, -0.15) is 0 Å². The largest absolute Gasteiger partial charge is 0.336 e. The van der Waals surface area contributed by atoms with Crippen molar-refractivity contribution < 1.29 is 9.59 Å². The molecule has 0 atom stereocenters. The average Bonchev–Trinajstić information content (AvgIpc) is 3.07. The molecule has 0 unspecified atom stereocenters. The number of fused-ring (bicyclic) bond motifs is 1. The van der Waals surface area contributed by atoms with Crippen LogP contribution in [-0.2, 0) is 17.8 Å². The Kier molecular flexibility index (Phi) is 6.07. The highest BCUT2D eigenvalue weighted by Crippen LogP contribution is 2.16. The second-order valence-electron chi connectivity index (χ2n) is 8.81. The zero-order chi connectivity index (χ0) is 22.0. The zero-order valence-electron chi connectivity index (χ0n) is 18.5. The van der Waals surface area contributed by atoms with Gasteiger partial charge in [0.2, 0.25) is 5.91 Å². The third-order valence-corrected chi connectivity index (χ3v) is 5.80. The molecule has 0 saturated carbocycles. The molecule has 1 aliphatic rings. The molecule has 4 rings (SSSR count). The Morgan fingerprint density at radius 1 is 1.10 bits per heavy atom. The number of carbonyl (C=O) groups excluding carboxylic acids is 2. The Labute approximate surface area is 183 Å². The number of hydrogen-bond acceptors (Lipinski definition) is 3. The van der Waals surface area contributed by atoms with Gasteiger partial charge in [-0.3, -0.25) is 9.59 Å². The van der Waals surface area contributed by atoms with Crippen LogP contribution in [0.2, 0.25) is 0 Å². The first kappa shape index (κ1) is 21.1. The first-order valence-corrected chi connectivity index (χ1v) is 11.0. The van der Waals surface area contributed by atoms with E-state index in [1.165, 1.54) is 5.56 Å². The van der Waals surface area contributed by atoms with Crippen molar-refractivity contribution in [3.05, 3.63) is 71.2 Å². The number of amides is 2. The summed E-state index contributed by atoms with van der Waals surface area (Å²) in [6.07, 6.45) is 5.28. The molecule has 0 radical (unpaired) electrons. The maximum absolute atomic E-state index is 13.0. The number of nitrogens with zero attached hydrogens (tertiary/aromatic N) is 4. The molecule has 0 spiro atoms. The van der Waals surface area contributed by atoms with E-state index in [9.17, 15) is 9.59 Å². The van der Waals surface area contributed by atoms with Crippen LogP contribution < -0.4 is 0 Å². The topological polar surface area (TPSA) is 57.9 Å². The number of hydrogen-bond donors (Lipinski definition) is 0. The van der Waals surface area contributed by atoms with Gasteiger partial charge in [-0.05, 0) is 48.6 Å². The van der Waals surface area contributed by atoms with Crippen LogP contribution in [0, 0.1) is 12.8 Å². The van der Waals surface area contributed by atoms with Gasteiger partial charge in [-0.15, -0.1) is 0 Å². The number of imidazole rings is 1. The summed E-state index contributed by atoms with van der Waals surface area (Å²) in [4.78, 5) is 34.0. The van der Waals surface area contributed by atoms with Crippen LogP contribution in [0.4, 0.5) is 0 Å². The van der Waals surface area contributed by atoms with Gasteiger partial charge in [0.15, 0.2) is 0 Å². The van der Waals surface area contributed by atoms with E-state index in [1.54, 1.807) is 4.90 Å². The lowest BCUT2D eigenvalue weighted by Gasteiger charge is -2.22. The van der Waals surface area contributed by atoms with Gasteiger partial charge in [0.25, 0.3) is 5.91 Å². The van der Waals surface area contributed by atoms with E-state index in [-0.39, 0.29) is 11.8 Å². The van der Waals surface area contributed by atoms with Crippen LogP contribution in [-0.4, -0.2) is 50.6 Å². The number of pyridine rings is 1. The van der Waals surface area contributed by atoms with Gasteiger partial charge in [-0.25, -0.2) is 4.98 Å². The Hall–Kier alpha value is -3.15. The average molecular weight is 419 g/mol. The van der Waals surface area contributed by atoms with E-state index >= 15 is 0 Å². The lowest BCUT2D eigenvalue weighted by atomic mass is 10.0. The van der Waals surface area contributed by atoms with Crippen LogP contribution in [0.25, 0.3) is 5.65 Å². The third kappa shape index (κ3) is 4.79. The molecule has 0 aliphatic carbocycles. The number of benzene rings is 1. The van der Waals surface area contributed by atoms with Crippen LogP contribution in [0.5, 0.6) is 0 Å². The lowest BCUT2D eigenvalue weighted by Crippen LogP contribution is -2.35. The molecule has 2 aromatic heterocycles. The Morgan fingerprint density at radius 2 is 1.87 bits per heavy atom. The fraction of sp³-hybridized carbons (Fsp3) is 0.400. The van der Waals surface area contributed by atoms with Gasteiger partial charge in [0.05, 0.1) is 12.2 Å². The van der Waals surface area contributed by atoms with Crippen molar-refractivity contribution in [2.45, 2.75) is 40.2 Å². The maximum Gasteiger partial charge on any atom is 0.253 e. The molecule has 2 amide bonds. The van der Waals surface area contributed by atoms with E-state index in [0.29, 0.717) is 44.1 Å². The summed E-state index contributed by atoms with van der Waals surface area (Å²) >= 11 is 0. The van der Waals surface area contributed by atoms with Crippen molar-refractivity contribution in [1.29, 1.82) is 0 Å². The number of carbonyl (C=O) groups is 2. The van der Waals surface area contributed by atoms with Crippen molar-refractivity contribution in [2.24, 2.45) is 5.92 Å². The molecule has 0 N–H and O–H groups in total. The molecule has 6 heteroatoms.